The molecule has 0 amide bonds. The molecule has 0 spiro atoms. The minimum Gasteiger partial charge on any atom is -0.480 e. The highest BCUT2D eigenvalue weighted by Gasteiger charge is 2.45. The van der Waals surface area contributed by atoms with E-state index in [0.717, 1.165) is 24.8 Å². The molecule has 1 heterocycles. The Morgan fingerprint density at radius 2 is 2.10 bits per heavy atom. The van der Waals surface area contributed by atoms with Crippen LogP contribution < -0.4 is 5.32 Å². The van der Waals surface area contributed by atoms with Crippen LogP contribution in [0.4, 0.5) is 0 Å². The summed E-state index contributed by atoms with van der Waals surface area (Å²) in [6, 6.07) is 9.57. The third-order valence-corrected chi connectivity index (χ3v) is 4.08. The molecule has 3 rings (SSSR count). The van der Waals surface area contributed by atoms with Gasteiger partial charge in [-0.2, -0.15) is 0 Å². The molecule has 2 unspecified atom stereocenters. The van der Waals surface area contributed by atoms with Crippen molar-refractivity contribution in [3.05, 3.63) is 35.9 Å². The van der Waals surface area contributed by atoms with E-state index in [1.54, 1.807) is 0 Å². The second-order valence-corrected chi connectivity index (χ2v) is 5.79. The predicted molar refractivity (Wildman–Crippen MR) is 77.1 cm³/mol. The molecule has 0 radical (unpaired) electrons. The Bertz CT molecular complexity index is 482. The average molecular weight is 291 g/mol. The summed E-state index contributed by atoms with van der Waals surface area (Å²) < 4.78 is 11.1. The van der Waals surface area contributed by atoms with Gasteiger partial charge in [-0.1, -0.05) is 30.3 Å². The van der Waals surface area contributed by atoms with Gasteiger partial charge in [0.15, 0.2) is 5.54 Å². The molecule has 5 heteroatoms. The van der Waals surface area contributed by atoms with Crippen molar-refractivity contribution >= 4 is 5.97 Å². The Morgan fingerprint density at radius 3 is 2.67 bits per heavy atom. The minimum absolute atomic E-state index is 0.00607. The second kappa shape index (κ2) is 6.13. The molecular formula is C16H21NO4. The second-order valence-electron chi connectivity index (χ2n) is 5.79. The summed E-state index contributed by atoms with van der Waals surface area (Å²) in [5.74, 6) is -0.889. The lowest BCUT2D eigenvalue weighted by Crippen LogP contribution is -2.54. The Morgan fingerprint density at radius 1 is 1.33 bits per heavy atom. The third kappa shape index (κ3) is 3.26. The summed E-state index contributed by atoms with van der Waals surface area (Å²) in [4.78, 5) is 12.0. The van der Waals surface area contributed by atoms with E-state index in [9.17, 15) is 9.90 Å². The standard InChI is InChI=1S/C16H21NO4/c18-15(19)16(17-13-6-7-13,12-4-2-1-3-5-12)11-21-14-8-9-20-10-14/h1-5,13-14,17H,6-11H2,(H,18,19). The molecule has 2 atom stereocenters. The number of carbonyl (C=O) groups is 1. The summed E-state index contributed by atoms with van der Waals surface area (Å²) in [7, 11) is 0. The fourth-order valence-electron chi connectivity index (χ4n) is 2.64. The van der Waals surface area contributed by atoms with Crippen LogP contribution in [0.1, 0.15) is 24.8 Å². The van der Waals surface area contributed by atoms with Gasteiger partial charge in [-0.3, -0.25) is 5.32 Å². The van der Waals surface area contributed by atoms with Crippen LogP contribution in [0.5, 0.6) is 0 Å². The minimum atomic E-state index is -1.18. The maximum absolute atomic E-state index is 12.0. The van der Waals surface area contributed by atoms with Gasteiger partial charge in [-0.05, 0) is 24.8 Å². The van der Waals surface area contributed by atoms with Crippen molar-refractivity contribution in [2.24, 2.45) is 0 Å². The van der Waals surface area contributed by atoms with Gasteiger partial charge in [0.1, 0.15) is 0 Å². The van der Waals surface area contributed by atoms with Crippen molar-refractivity contribution < 1.29 is 19.4 Å². The lowest BCUT2D eigenvalue weighted by molar-refractivity contribution is -0.150. The summed E-state index contributed by atoms with van der Waals surface area (Å²) >= 11 is 0. The topological polar surface area (TPSA) is 67.8 Å². The smallest absolute Gasteiger partial charge is 0.331 e. The Kier molecular flexibility index (Phi) is 4.24. The molecule has 1 aliphatic carbocycles. The summed E-state index contributed by atoms with van der Waals surface area (Å²) in [5, 5.41) is 13.1. The number of aliphatic carboxylic acids is 1. The molecule has 5 nitrogen and oxygen atoms in total. The molecule has 1 saturated carbocycles. The van der Waals surface area contributed by atoms with Crippen molar-refractivity contribution in [2.75, 3.05) is 19.8 Å². The van der Waals surface area contributed by atoms with Gasteiger partial charge in [0.2, 0.25) is 0 Å². The van der Waals surface area contributed by atoms with E-state index in [-0.39, 0.29) is 18.8 Å². The van der Waals surface area contributed by atoms with Gasteiger partial charge >= 0.3 is 5.97 Å². The zero-order valence-corrected chi connectivity index (χ0v) is 12.0. The summed E-state index contributed by atoms with van der Waals surface area (Å²) in [6.07, 6.45) is 2.87. The van der Waals surface area contributed by atoms with E-state index >= 15 is 0 Å². The molecule has 21 heavy (non-hydrogen) atoms. The summed E-state index contributed by atoms with van der Waals surface area (Å²) in [5.41, 5.74) is -0.436. The number of carboxylic acids is 1. The molecule has 1 aromatic carbocycles. The Balaban J connectivity index is 1.82. The maximum Gasteiger partial charge on any atom is 0.331 e. The fraction of sp³-hybridized carbons (Fsp3) is 0.562. The molecule has 0 aromatic heterocycles. The van der Waals surface area contributed by atoms with Gasteiger partial charge in [-0.15, -0.1) is 0 Å². The lowest BCUT2D eigenvalue weighted by Gasteiger charge is -2.32. The van der Waals surface area contributed by atoms with Crippen molar-refractivity contribution in [1.29, 1.82) is 0 Å². The van der Waals surface area contributed by atoms with Crippen LogP contribution in [-0.4, -0.2) is 43.0 Å². The van der Waals surface area contributed by atoms with Crippen LogP contribution in [0, 0.1) is 0 Å². The molecule has 1 aliphatic heterocycles. The molecule has 2 fully saturated rings. The molecule has 1 aromatic rings. The SMILES string of the molecule is O=C(O)C(COC1CCOC1)(NC1CC1)c1ccccc1. The van der Waals surface area contributed by atoms with Crippen molar-refractivity contribution in [1.82, 2.24) is 5.32 Å². The first-order valence-electron chi connectivity index (χ1n) is 7.47. The average Bonchev–Trinajstić information content (AvgIpc) is 3.16. The zero-order valence-electron chi connectivity index (χ0n) is 12.0. The van der Waals surface area contributed by atoms with E-state index in [1.807, 2.05) is 30.3 Å². The number of hydrogen-bond donors (Lipinski definition) is 2. The van der Waals surface area contributed by atoms with Crippen LogP contribution in [0.3, 0.4) is 0 Å². The largest absolute Gasteiger partial charge is 0.480 e. The van der Waals surface area contributed by atoms with Gasteiger partial charge < -0.3 is 14.6 Å². The highest BCUT2D eigenvalue weighted by Crippen LogP contribution is 2.30. The van der Waals surface area contributed by atoms with Gasteiger partial charge in [-0.25, -0.2) is 4.79 Å². The highest BCUT2D eigenvalue weighted by molar-refractivity contribution is 5.81. The number of carboxylic acid groups (broad SMARTS) is 1. The fourth-order valence-corrected chi connectivity index (χ4v) is 2.64. The first kappa shape index (κ1) is 14.5. The lowest BCUT2D eigenvalue weighted by atomic mass is 9.90. The zero-order chi connectivity index (χ0) is 14.7. The van der Waals surface area contributed by atoms with Crippen molar-refractivity contribution in [2.45, 2.75) is 36.9 Å². The van der Waals surface area contributed by atoms with Crippen LogP contribution in [0.15, 0.2) is 30.3 Å². The maximum atomic E-state index is 12.0. The third-order valence-electron chi connectivity index (χ3n) is 4.08. The molecular weight excluding hydrogens is 270 g/mol. The van der Waals surface area contributed by atoms with E-state index in [2.05, 4.69) is 5.32 Å². The van der Waals surface area contributed by atoms with E-state index in [4.69, 9.17) is 9.47 Å². The quantitative estimate of drug-likeness (QED) is 0.797. The van der Waals surface area contributed by atoms with Gasteiger partial charge in [0.05, 0.1) is 19.3 Å². The predicted octanol–water partition coefficient (Wildman–Crippen LogP) is 1.52. The van der Waals surface area contributed by atoms with Crippen LogP contribution >= 0.6 is 0 Å². The monoisotopic (exact) mass is 291 g/mol. The van der Waals surface area contributed by atoms with E-state index < -0.39 is 11.5 Å². The van der Waals surface area contributed by atoms with Gasteiger partial charge in [0, 0.05) is 12.6 Å². The van der Waals surface area contributed by atoms with Crippen LogP contribution in [-0.2, 0) is 19.8 Å². The number of rotatable bonds is 7. The normalized spacial score (nSPS) is 24.7. The Hall–Kier alpha value is -1.43. The first-order chi connectivity index (χ1) is 10.2. The van der Waals surface area contributed by atoms with Crippen molar-refractivity contribution in [3.63, 3.8) is 0 Å². The van der Waals surface area contributed by atoms with E-state index in [0.29, 0.717) is 13.2 Å². The van der Waals surface area contributed by atoms with E-state index in [1.165, 1.54) is 0 Å². The molecule has 2 aliphatic rings. The number of hydrogen-bond acceptors (Lipinski definition) is 4. The van der Waals surface area contributed by atoms with Gasteiger partial charge in [0.25, 0.3) is 0 Å². The number of ether oxygens (including phenoxy) is 2. The molecule has 114 valence electrons. The summed E-state index contributed by atoms with van der Waals surface area (Å²) in [6.45, 7) is 1.36. The molecule has 1 saturated heterocycles. The molecule has 2 N–H and O–H groups in total. The number of nitrogens with one attached hydrogen (secondary N) is 1. The molecule has 0 bridgehead atoms. The Labute approximate surface area is 124 Å². The first-order valence-corrected chi connectivity index (χ1v) is 7.47. The highest BCUT2D eigenvalue weighted by atomic mass is 16.5. The van der Waals surface area contributed by atoms with Crippen molar-refractivity contribution in [3.8, 4) is 0 Å². The van der Waals surface area contributed by atoms with Crippen LogP contribution in [0.2, 0.25) is 0 Å². The number of benzene rings is 1. The van der Waals surface area contributed by atoms with Crippen LogP contribution in [0.25, 0.3) is 0 Å².